The average molecular weight is 381 g/mol. The summed E-state index contributed by atoms with van der Waals surface area (Å²) in [6.07, 6.45) is 4.30. The number of hydrogen-bond acceptors (Lipinski definition) is 5. The third kappa shape index (κ3) is 2.97. The van der Waals surface area contributed by atoms with Gasteiger partial charge in [-0.25, -0.2) is 0 Å². The summed E-state index contributed by atoms with van der Waals surface area (Å²) in [5.74, 6) is 1.85. The van der Waals surface area contributed by atoms with Crippen LogP contribution in [-0.2, 0) is 0 Å². The molecule has 2 heterocycles. The molecule has 1 atom stereocenters. The number of nitrogens with one attached hydrogen (secondary N) is 1. The van der Waals surface area contributed by atoms with Crippen LogP contribution in [0, 0.1) is 0 Å². The van der Waals surface area contributed by atoms with Crippen LogP contribution in [0.25, 0.3) is 28.5 Å². The molecular formula is C21H21N2O3S+. The fourth-order valence-electron chi connectivity index (χ4n) is 3.40. The third-order valence-corrected chi connectivity index (χ3v) is 5.44. The zero-order chi connectivity index (χ0) is 19.0. The van der Waals surface area contributed by atoms with E-state index in [9.17, 15) is 0 Å². The predicted molar refractivity (Wildman–Crippen MR) is 108 cm³/mol. The van der Waals surface area contributed by atoms with Crippen LogP contribution in [0.3, 0.4) is 0 Å². The van der Waals surface area contributed by atoms with Crippen molar-refractivity contribution in [3.63, 3.8) is 0 Å². The van der Waals surface area contributed by atoms with Gasteiger partial charge >= 0.3 is 0 Å². The van der Waals surface area contributed by atoms with E-state index in [0.717, 1.165) is 22.4 Å². The Hall–Kier alpha value is -2.83. The second kappa shape index (κ2) is 7.06. The van der Waals surface area contributed by atoms with Gasteiger partial charge in [-0.15, -0.1) is 0 Å². The molecule has 1 aliphatic heterocycles. The van der Waals surface area contributed by atoms with Crippen LogP contribution >= 0.6 is 11.5 Å². The van der Waals surface area contributed by atoms with Crippen LogP contribution in [0.4, 0.5) is 5.69 Å². The normalized spacial score (nSPS) is 14.9. The molecule has 0 amide bonds. The van der Waals surface area contributed by atoms with Crippen molar-refractivity contribution in [3.8, 4) is 39.6 Å². The molecule has 138 valence electrons. The second-order valence-electron chi connectivity index (χ2n) is 6.31. The Labute approximate surface area is 162 Å². The fraction of sp³-hybridized carbons (Fsp3) is 0.190. The van der Waals surface area contributed by atoms with Crippen molar-refractivity contribution in [2.45, 2.75) is 0 Å². The summed E-state index contributed by atoms with van der Waals surface area (Å²) in [6.45, 7) is 0. The molecular weight excluding hydrogens is 360 g/mol. The van der Waals surface area contributed by atoms with E-state index >= 15 is 0 Å². The molecule has 5 nitrogen and oxygen atoms in total. The van der Waals surface area contributed by atoms with E-state index in [2.05, 4.69) is 47.3 Å². The molecule has 6 heteroatoms. The molecule has 1 aliphatic rings. The van der Waals surface area contributed by atoms with Gasteiger partial charge in [0.05, 0.1) is 40.3 Å². The molecule has 0 radical (unpaired) electrons. The Morgan fingerprint density at radius 3 is 2.33 bits per heavy atom. The molecule has 0 aliphatic carbocycles. The van der Waals surface area contributed by atoms with Gasteiger partial charge in [-0.3, -0.25) is 4.90 Å². The van der Waals surface area contributed by atoms with Crippen molar-refractivity contribution in [2.75, 3.05) is 28.4 Å². The SMILES string of the molecule is COc1cc(-c2csnc2-c2ccc3c(c2)C=C[NH+]3C)cc(OC)c1OC. The van der Waals surface area contributed by atoms with Crippen LogP contribution in [0.5, 0.6) is 17.2 Å². The quantitative estimate of drug-likeness (QED) is 0.733. The number of fused-ring (bicyclic) bond motifs is 1. The highest BCUT2D eigenvalue weighted by Gasteiger charge is 2.20. The minimum Gasteiger partial charge on any atom is -0.493 e. The number of nitrogens with zero attached hydrogens (tertiary/aromatic N) is 1. The monoisotopic (exact) mass is 381 g/mol. The Balaban J connectivity index is 1.82. The molecule has 0 spiro atoms. The first kappa shape index (κ1) is 17.6. The molecule has 1 unspecified atom stereocenters. The van der Waals surface area contributed by atoms with E-state index in [0.29, 0.717) is 17.2 Å². The standard InChI is InChI=1S/C21H20N2O3S/c1-23-8-7-13-9-14(5-6-17(13)23)20-16(12-27-22-20)15-10-18(24-2)21(26-4)19(11-15)25-3/h5-12H,1-4H3/p+1. The summed E-state index contributed by atoms with van der Waals surface area (Å²) >= 11 is 1.44. The lowest BCUT2D eigenvalue weighted by Crippen LogP contribution is -2.97. The maximum atomic E-state index is 5.50. The largest absolute Gasteiger partial charge is 0.493 e. The van der Waals surface area contributed by atoms with Gasteiger partial charge in [0, 0.05) is 34.2 Å². The minimum atomic E-state index is 0.585. The number of quaternary nitrogens is 1. The van der Waals surface area contributed by atoms with Crippen molar-refractivity contribution >= 4 is 23.3 Å². The number of aromatic nitrogens is 1. The Morgan fingerprint density at radius 2 is 1.67 bits per heavy atom. The first-order valence-electron chi connectivity index (χ1n) is 8.57. The molecule has 1 N–H and O–H groups in total. The Bertz CT molecular complexity index is 1000. The highest BCUT2D eigenvalue weighted by atomic mass is 32.1. The molecule has 0 bridgehead atoms. The molecule has 0 fully saturated rings. The molecule has 4 rings (SSSR count). The van der Waals surface area contributed by atoms with Crippen molar-refractivity contribution in [1.82, 2.24) is 4.37 Å². The van der Waals surface area contributed by atoms with Crippen LogP contribution in [0.1, 0.15) is 5.56 Å². The number of methoxy groups -OCH3 is 3. The molecule has 2 aromatic carbocycles. The summed E-state index contributed by atoms with van der Waals surface area (Å²) in [6, 6.07) is 10.4. The van der Waals surface area contributed by atoms with E-state index < -0.39 is 0 Å². The van der Waals surface area contributed by atoms with E-state index in [1.54, 1.807) is 21.3 Å². The molecule has 0 saturated carbocycles. The molecule has 27 heavy (non-hydrogen) atoms. The zero-order valence-corrected chi connectivity index (χ0v) is 16.5. The Kier molecular flexibility index (Phi) is 4.59. The molecule has 3 aromatic rings. The van der Waals surface area contributed by atoms with E-state index in [1.807, 2.05) is 12.1 Å². The molecule has 0 saturated heterocycles. The first-order valence-corrected chi connectivity index (χ1v) is 9.41. The molecule has 1 aromatic heterocycles. The van der Waals surface area contributed by atoms with Gasteiger partial charge < -0.3 is 14.2 Å². The smallest absolute Gasteiger partial charge is 0.203 e. The maximum Gasteiger partial charge on any atom is 0.203 e. The average Bonchev–Trinajstić information content (AvgIpc) is 3.33. The Morgan fingerprint density at radius 1 is 0.926 bits per heavy atom. The summed E-state index contributed by atoms with van der Waals surface area (Å²) in [5, 5.41) is 2.05. The predicted octanol–water partition coefficient (Wildman–Crippen LogP) is 3.63. The summed E-state index contributed by atoms with van der Waals surface area (Å²) < 4.78 is 21.1. The summed E-state index contributed by atoms with van der Waals surface area (Å²) in [7, 11) is 6.99. The van der Waals surface area contributed by atoms with Crippen LogP contribution in [-0.4, -0.2) is 32.8 Å². The van der Waals surface area contributed by atoms with E-state index in [4.69, 9.17) is 14.2 Å². The van der Waals surface area contributed by atoms with Crippen molar-refractivity contribution in [2.24, 2.45) is 0 Å². The fourth-order valence-corrected chi connectivity index (χ4v) is 4.11. The van der Waals surface area contributed by atoms with Crippen molar-refractivity contribution in [1.29, 1.82) is 0 Å². The van der Waals surface area contributed by atoms with Gasteiger partial charge in [0.1, 0.15) is 5.69 Å². The van der Waals surface area contributed by atoms with Crippen LogP contribution < -0.4 is 19.1 Å². The zero-order valence-electron chi connectivity index (χ0n) is 15.7. The number of benzene rings is 2. The maximum absolute atomic E-state index is 5.50. The van der Waals surface area contributed by atoms with Gasteiger partial charge in [-0.1, -0.05) is 0 Å². The van der Waals surface area contributed by atoms with E-state index in [1.165, 1.54) is 27.7 Å². The van der Waals surface area contributed by atoms with Crippen LogP contribution in [0.15, 0.2) is 41.9 Å². The summed E-state index contributed by atoms with van der Waals surface area (Å²) in [5.41, 5.74) is 6.58. The van der Waals surface area contributed by atoms with Gasteiger partial charge in [0.25, 0.3) is 0 Å². The van der Waals surface area contributed by atoms with Gasteiger partial charge in [0.2, 0.25) is 5.75 Å². The number of hydrogen-bond donors (Lipinski definition) is 1. The summed E-state index contributed by atoms with van der Waals surface area (Å²) in [4.78, 5) is 1.29. The third-order valence-electron chi connectivity index (χ3n) is 4.81. The lowest BCUT2D eigenvalue weighted by Gasteiger charge is -2.14. The topological polar surface area (TPSA) is 45.0 Å². The van der Waals surface area contributed by atoms with Gasteiger partial charge in [-0.2, -0.15) is 4.37 Å². The van der Waals surface area contributed by atoms with Crippen LogP contribution in [0.2, 0.25) is 0 Å². The lowest BCUT2D eigenvalue weighted by molar-refractivity contribution is -0.746. The van der Waals surface area contributed by atoms with E-state index in [-0.39, 0.29) is 0 Å². The van der Waals surface area contributed by atoms with Gasteiger partial charge in [0.15, 0.2) is 11.5 Å². The minimum absolute atomic E-state index is 0.585. The van der Waals surface area contributed by atoms with Gasteiger partial charge in [-0.05, 0) is 41.4 Å². The lowest BCUT2D eigenvalue weighted by atomic mass is 9.99. The number of rotatable bonds is 5. The van der Waals surface area contributed by atoms with Crippen molar-refractivity contribution in [3.05, 3.63) is 47.5 Å². The van der Waals surface area contributed by atoms with Crippen molar-refractivity contribution < 1.29 is 19.1 Å². The highest BCUT2D eigenvalue weighted by Crippen LogP contribution is 2.43. The number of ether oxygens (including phenoxy) is 3. The highest BCUT2D eigenvalue weighted by molar-refractivity contribution is 7.04. The first-order chi connectivity index (χ1) is 13.2. The second-order valence-corrected chi connectivity index (χ2v) is 6.94.